The summed E-state index contributed by atoms with van der Waals surface area (Å²) in [6.45, 7) is 0.732. The van der Waals surface area contributed by atoms with E-state index in [1.165, 1.54) is 12.4 Å². The van der Waals surface area contributed by atoms with Crippen LogP contribution in [0.3, 0.4) is 0 Å². The zero-order valence-electron chi connectivity index (χ0n) is 11.6. The van der Waals surface area contributed by atoms with Gasteiger partial charge in [0.05, 0.1) is 11.1 Å². The maximum atomic E-state index is 12.5. The van der Waals surface area contributed by atoms with Gasteiger partial charge in [-0.1, -0.05) is 11.8 Å². The van der Waals surface area contributed by atoms with E-state index in [0.29, 0.717) is 37.1 Å². The van der Waals surface area contributed by atoms with E-state index >= 15 is 0 Å². The van der Waals surface area contributed by atoms with Gasteiger partial charge in [0.1, 0.15) is 6.61 Å². The van der Waals surface area contributed by atoms with Gasteiger partial charge in [0.25, 0.3) is 5.91 Å². The predicted octanol–water partition coefficient (Wildman–Crippen LogP) is -0.237. The van der Waals surface area contributed by atoms with E-state index in [1.807, 2.05) is 0 Å². The number of nitrogens with two attached hydrogens (primary N) is 1. The Morgan fingerprint density at radius 2 is 2.14 bits per heavy atom. The van der Waals surface area contributed by atoms with Gasteiger partial charge < -0.3 is 15.7 Å². The van der Waals surface area contributed by atoms with Crippen LogP contribution in [0.5, 0.6) is 0 Å². The summed E-state index contributed by atoms with van der Waals surface area (Å²) in [5.74, 6) is 4.65. The Morgan fingerprint density at radius 1 is 1.43 bits per heavy atom. The fourth-order valence-corrected chi connectivity index (χ4v) is 2.35. The minimum Gasteiger partial charge on any atom is -0.384 e. The van der Waals surface area contributed by atoms with Crippen molar-refractivity contribution in [2.24, 2.45) is 11.7 Å². The molecule has 6 heteroatoms. The molecular formula is C15H17N3O3. The maximum absolute atomic E-state index is 12.5. The summed E-state index contributed by atoms with van der Waals surface area (Å²) < 4.78 is 0. The molecule has 1 aromatic rings. The molecule has 0 radical (unpaired) electrons. The van der Waals surface area contributed by atoms with E-state index in [1.54, 1.807) is 11.0 Å². The molecule has 0 spiro atoms. The number of carbonyl (C=O) groups excluding carboxylic acids is 2. The van der Waals surface area contributed by atoms with E-state index in [-0.39, 0.29) is 24.3 Å². The van der Waals surface area contributed by atoms with Gasteiger partial charge in [0.2, 0.25) is 5.91 Å². The highest BCUT2D eigenvalue weighted by Gasteiger charge is 2.27. The molecule has 0 unspecified atom stereocenters. The molecule has 0 bridgehead atoms. The second-order valence-electron chi connectivity index (χ2n) is 4.85. The van der Waals surface area contributed by atoms with Crippen LogP contribution in [0.4, 0.5) is 0 Å². The van der Waals surface area contributed by atoms with E-state index < -0.39 is 0 Å². The van der Waals surface area contributed by atoms with Gasteiger partial charge in [-0.2, -0.15) is 0 Å². The number of rotatable bonds is 2. The van der Waals surface area contributed by atoms with Crippen LogP contribution in [0.1, 0.15) is 28.8 Å². The van der Waals surface area contributed by atoms with Gasteiger partial charge in [-0.05, 0) is 18.9 Å². The number of carbonyl (C=O) groups is 2. The number of aliphatic hydroxyl groups is 1. The number of amides is 2. The van der Waals surface area contributed by atoms with Crippen molar-refractivity contribution in [2.75, 3.05) is 19.7 Å². The summed E-state index contributed by atoms with van der Waals surface area (Å²) in [5.41, 5.74) is 6.24. The largest absolute Gasteiger partial charge is 0.384 e. The summed E-state index contributed by atoms with van der Waals surface area (Å²) in [5, 5.41) is 8.75. The molecule has 2 amide bonds. The molecule has 1 aliphatic heterocycles. The van der Waals surface area contributed by atoms with Crippen molar-refractivity contribution in [3.05, 3.63) is 29.6 Å². The second kappa shape index (κ2) is 6.86. The molecule has 2 rings (SSSR count). The molecule has 2 heterocycles. The van der Waals surface area contributed by atoms with Crippen LogP contribution in [-0.4, -0.2) is 46.5 Å². The summed E-state index contributed by atoms with van der Waals surface area (Å²) in [6.07, 6.45) is 4.22. The maximum Gasteiger partial charge on any atom is 0.255 e. The van der Waals surface area contributed by atoms with Gasteiger partial charge in [0.15, 0.2) is 0 Å². The van der Waals surface area contributed by atoms with Crippen molar-refractivity contribution >= 4 is 11.8 Å². The first-order chi connectivity index (χ1) is 10.1. The third-order valence-corrected chi connectivity index (χ3v) is 3.54. The third kappa shape index (κ3) is 3.58. The zero-order valence-corrected chi connectivity index (χ0v) is 11.6. The molecule has 0 atom stereocenters. The molecule has 1 aromatic heterocycles. The number of nitrogens with zero attached hydrogens (tertiary/aromatic N) is 2. The number of primary amides is 1. The molecule has 1 saturated heterocycles. The van der Waals surface area contributed by atoms with Crippen molar-refractivity contribution in [3.8, 4) is 11.8 Å². The number of aromatic nitrogens is 1. The normalized spacial score (nSPS) is 15.2. The van der Waals surface area contributed by atoms with Crippen LogP contribution in [0.2, 0.25) is 0 Å². The Bertz CT molecular complexity index is 596. The van der Waals surface area contributed by atoms with Crippen LogP contribution in [0.25, 0.3) is 0 Å². The molecule has 3 N–H and O–H groups in total. The predicted molar refractivity (Wildman–Crippen MR) is 76.0 cm³/mol. The first-order valence-electron chi connectivity index (χ1n) is 6.76. The van der Waals surface area contributed by atoms with Crippen LogP contribution < -0.4 is 5.73 Å². The average Bonchev–Trinajstić information content (AvgIpc) is 2.52. The number of hydrogen-bond donors (Lipinski definition) is 2. The molecule has 0 saturated carbocycles. The van der Waals surface area contributed by atoms with Gasteiger partial charge in [-0.3, -0.25) is 14.6 Å². The van der Waals surface area contributed by atoms with Crippen LogP contribution in [0, 0.1) is 17.8 Å². The van der Waals surface area contributed by atoms with E-state index in [0.717, 1.165) is 0 Å². The van der Waals surface area contributed by atoms with Gasteiger partial charge >= 0.3 is 0 Å². The van der Waals surface area contributed by atoms with Crippen LogP contribution >= 0.6 is 0 Å². The molecule has 6 nitrogen and oxygen atoms in total. The molecule has 110 valence electrons. The second-order valence-corrected chi connectivity index (χ2v) is 4.85. The lowest BCUT2D eigenvalue weighted by molar-refractivity contribution is -0.123. The van der Waals surface area contributed by atoms with Gasteiger partial charge in [-0.15, -0.1) is 0 Å². The topological polar surface area (TPSA) is 96.5 Å². The molecule has 0 aliphatic carbocycles. The SMILES string of the molecule is NC(=O)C1CCN(C(=O)c2ccncc2C#CCO)CC1. The van der Waals surface area contributed by atoms with Crippen molar-refractivity contribution in [1.82, 2.24) is 9.88 Å². The van der Waals surface area contributed by atoms with Gasteiger partial charge in [0, 0.05) is 31.4 Å². The standard InChI is InChI=1S/C15H17N3O3/c16-14(20)11-4-7-18(8-5-11)15(21)13-3-6-17-10-12(13)2-1-9-19/h3,6,10-11,19H,4-5,7-9H2,(H2,16,20). The molecule has 0 aromatic carbocycles. The van der Waals surface area contributed by atoms with Gasteiger partial charge in [-0.25, -0.2) is 0 Å². The first-order valence-corrected chi connectivity index (χ1v) is 6.76. The first kappa shape index (κ1) is 15.0. The van der Waals surface area contributed by atoms with Crippen molar-refractivity contribution in [3.63, 3.8) is 0 Å². The number of pyridine rings is 1. The summed E-state index contributed by atoms with van der Waals surface area (Å²) >= 11 is 0. The smallest absolute Gasteiger partial charge is 0.255 e. The fourth-order valence-electron chi connectivity index (χ4n) is 2.35. The fraction of sp³-hybridized carbons (Fsp3) is 0.400. The Morgan fingerprint density at radius 3 is 2.76 bits per heavy atom. The summed E-state index contributed by atoms with van der Waals surface area (Å²) in [7, 11) is 0. The van der Waals surface area contributed by atoms with Crippen LogP contribution in [0.15, 0.2) is 18.5 Å². The van der Waals surface area contributed by atoms with Crippen molar-refractivity contribution in [1.29, 1.82) is 0 Å². The molecule has 1 aliphatic rings. The third-order valence-electron chi connectivity index (χ3n) is 3.54. The average molecular weight is 287 g/mol. The number of likely N-dealkylation sites (tertiary alicyclic amines) is 1. The highest BCUT2D eigenvalue weighted by molar-refractivity contribution is 5.96. The van der Waals surface area contributed by atoms with Crippen LogP contribution in [-0.2, 0) is 4.79 Å². The Balaban J connectivity index is 2.13. The Kier molecular flexibility index (Phi) is 4.90. The van der Waals surface area contributed by atoms with Crippen molar-refractivity contribution in [2.45, 2.75) is 12.8 Å². The Hall–Kier alpha value is -2.39. The van der Waals surface area contributed by atoms with E-state index in [2.05, 4.69) is 16.8 Å². The molecule has 1 fully saturated rings. The minimum atomic E-state index is -0.305. The number of hydrogen-bond acceptors (Lipinski definition) is 4. The summed E-state index contributed by atoms with van der Waals surface area (Å²) in [4.78, 5) is 29.3. The lowest BCUT2D eigenvalue weighted by Crippen LogP contribution is -2.41. The number of aliphatic hydroxyl groups excluding tert-OH is 1. The van der Waals surface area contributed by atoms with E-state index in [4.69, 9.17) is 10.8 Å². The molecule has 21 heavy (non-hydrogen) atoms. The van der Waals surface area contributed by atoms with Crippen molar-refractivity contribution < 1.29 is 14.7 Å². The lowest BCUT2D eigenvalue weighted by atomic mass is 9.95. The molecular weight excluding hydrogens is 270 g/mol. The summed E-state index contributed by atoms with van der Waals surface area (Å²) in [6, 6.07) is 1.61. The number of piperidine rings is 1. The highest BCUT2D eigenvalue weighted by atomic mass is 16.2. The zero-order chi connectivity index (χ0) is 15.2. The lowest BCUT2D eigenvalue weighted by Gasteiger charge is -2.30. The van der Waals surface area contributed by atoms with E-state index in [9.17, 15) is 9.59 Å². The monoisotopic (exact) mass is 287 g/mol. The minimum absolute atomic E-state index is 0.137. The highest BCUT2D eigenvalue weighted by Crippen LogP contribution is 2.19. The Labute approximate surface area is 123 Å². The quantitative estimate of drug-likeness (QED) is 0.734.